The van der Waals surface area contributed by atoms with Gasteiger partial charge in [0.1, 0.15) is 0 Å². The number of carbonyl (C=O) groups excluding carboxylic acids is 2. The number of benzene rings is 1. The van der Waals surface area contributed by atoms with E-state index in [2.05, 4.69) is 17.1 Å². The fraction of sp³-hybridized carbons (Fsp3) is 0.143. The molecule has 2 rings (SSSR count). The molecule has 2 aromatic rings. The van der Waals surface area contributed by atoms with E-state index in [9.17, 15) is 9.59 Å². The first kappa shape index (κ1) is 19.8. The van der Waals surface area contributed by atoms with Crippen LogP contribution < -0.4 is 11.2 Å². The number of nitrogens with one attached hydrogen (secondary N) is 1. The summed E-state index contributed by atoms with van der Waals surface area (Å²) in [6.45, 7) is 0. The third-order valence-corrected chi connectivity index (χ3v) is 2.24. The van der Waals surface area contributed by atoms with Crippen LogP contribution in [0.15, 0.2) is 42.6 Å². The van der Waals surface area contributed by atoms with E-state index in [4.69, 9.17) is 25.9 Å². The van der Waals surface area contributed by atoms with Gasteiger partial charge in [-0.15, -0.1) is 0 Å². The summed E-state index contributed by atoms with van der Waals surface area (Å²) in [6.07, 6.45) is -0.124. The maximum atomic E-state index is 10.1. The lowest BCUT2D eigenvalue weighted by molar-refractivity contribution is -0.131. The molecule has 1 heterocycles. The third-order valence-electron chi connectivity index (χ3n) is 2.24. The molecule has 23 heavy (non-hydrogen) atoms. The Morgan fingerprint density at radius 3 is 2.13 bits per heavy atom. The Labute approximate surface area is 131 Å². The average Bonchev–Trinajstić information content (AvgIpc) is 2.52. The number of rotatable bonds is 3. The molecule has 0 aliphatic heterocycles. The third kappa shape index (κ3) is 11.2. The number of para-hydroxylation sites is 1. The van der Waals surface area contributed by atoms with Gasteiger partial charge in [-0.25, -0.2) is 10.3 Å². The predicted molar refractivity (Wildman–Crippen MR) is 80.8 cm³/mol. The SMILES string of the molecule is NC(=O)CCC(=O)NO.O=C(O)O.c1ccc2ncccc2c1. The highest BCUT2D eigenvalue weighted by Gasteiger charge is 2.00. The number of primary amides is 1. The lowest BCUT2D eigenvalue weighted by Crippen LogP contribution is -2.21. The molecule has 0 fully saturated rings. The van der Waals surface area contributed by atoms with E-state index in [1.165, 1.54) is 10.9 Å². The first-order valence-electron chi connectivity index (χ1n) is 6.29. The maximum Gasteiger partial charge on any atom is 0.503 e. The van der Waals surface area contributed by atoms with Crippen LogP contribution in [-0.4, -0.2) is 38.4 Å². The van der Waals surface area contributed by atoms with Crippen molar-refractivity contribution in [1.29, 1.82) is 0 Å². The summed E-state index contributed by atoms with van der Waals surface area (Å²) in [5.41, 5.74) is 7.13. The number of hydroxylamine groups is 1. The fourth-order valence-corrected chi connectivity index (χ4v) is 1.31. The molecule has 0 bridgehead atoms. The quantitative estimate of drug-likeness (QED) is 0.418. The second-order valence-electron chi connectivity index (χ2n) is 3.98. The van der Waals surface area contributed by atoms with E-state index < -0.39 is 18.0 Å². The van der Waals surface area contributed by atoms with Crippen molar-refractivity contribution in [3.05, 3.63) is 42.6 Å². The van der Waals surface area contributed by atoms with Crippen LogP contribution >= 0.6 is 0 Å². The van der Waals surface area contributed by atoms with Gasteiger partial charge in [0.15, 0.2) is 0 Å². The smallest absolute Gasteiger partial charge is 0.450 e. The van der Waals surface area contributed by atoms with Gasteiger partial charge in [0, 0.05) is 24.4 Å². The van der Waals surface area contributed by atoms with Crippen LogP contribution in [0.2, 0.25) is 0 Å². The molecule has 0 aliphatic carbocycles. The second-order valence-corrected chi connectivity index (χ2v) is 3.98. The molecule has 0 saturated heterocycles. The molecule has 124 valence electrons. The lowest BCUT2D eigenvalue weighted by Gasteiger charge is -1.92. The van der Waals surface area contributed by atoms with Crippen LogP contribution in [0.5, 0.6) is 0 Å². The highest BCUT2D eigenvalue weighted by Crippen LogP contribution is 2.07. The lowest BCUT2D eigenvalue weighted by atomic mass is 10.2. The summed E-state index contributed by atoms with van der Waals surface area (Å²) < 4.78 is 0. The van der Waals surface area contributed by atoms with Crippen LogP contribution in [0.1, 0.15) is 12.8 Å². The van der Waals surface area contributed by atoms with Crippen molar-refractivity contribution in [3.8, 4) is 0 Å². The second kappa shape index (κ2) is 11.5. The minimum atomic E-state index is -1.83. The van der Waals surface area contributed by atoms with Gasteiger partial charge in [0.2, 0.25) is 11.8 Å². The van der Waals surface area contributed by atoms with Crippen LogP contribution in [-0.2, 0) is 9.59 Å². The summed E-state index contributed by atoms with van der Waals surface area (Å²) in [5.74, 6) is -1.16. The van der Waals surface area contributed by atoms with Crippen molar-refractivity contribution in [2.45, 2.75) is 12.8 Å². The van der Waals surface area contributed by atoms with Gasteiger partial charge in [0.05, 0.1) is 5.52 Å². The summed E-state index contributed by atoms with van der Waals surface area (Å²) in [7, 11) is 0. The van der Waals surface area contributed by atoms with Crippen molar-refractivity contribution in [2.75, 3.05) is 0 Å². The number of hydrogen-bond donors (Lipinski definition) is 5. The molecular formula is C14H17N3O6. The molecule has 0 saturated carbocycles. The normalized spacial score (nSPS) is 8.74. The highest BCUT2D eigenvalue weighted by molar-refractivity contribution is 5.82. The topological polar surface area (TPSA) is 163 Å². The van der Waals surface area contributed by atoms with E-state index >= 15 is 0 Å². The van der Waals surface area contributed by atoms with E-state index in [1.807, 2.05) is 30.5 Å². The first-order valence-corrected chi connectivity index (χ1v) is 6.29. The molecule has 0 radical (unpaired) electrons. The Morgan fingerprint density at radius 1 is 1.04 bits per heavy atom. The molecule has 0 spiro atoms. The number of aromatic nitrogens is 1. The van der Waals surface area contributed by atoms with Crippen molar-refractivity contribution in [3.63, 3.8) is 0 Å². The van der Waals surface area contributed by atoms with Gasteiger partial charge in [-0.2, -0.15) is 0 Å². The molecule has 2 amide bonds. The summed E-state index contributed by atoms with van der Waals surface area (Å²) in [5, 5.41) is 23.0. The number of amides is 2. The zero-order valence-corrected chi connectivity index (χ0v) is 12.0. The standard InChI is InChI=1S/C9H7N.C4H8N2O3.CH2O3/c1-2-6-9-8(4-1)5-3-7-10-9;5-3(7)1-2-4(8)6-9;2-1(3)4/h1-7H;9H,1-2H2,(H2,5,7)(H,6,8);(H2,2,3,4). The molecule has 9 heteroatoms. The Bertz CT molecular complexity index is 578. The van der Waals surface area contributed by atoms with Crippen molar-refractivity contribution < 1.29 is 29.8 Å². The molecule has 0 unspecified atom stereocenters. The minimum Gasteiger partial charge on any atom is -0.450 e. The number of nitrogens with two attached hydrogens (primary N) is 1. The number of fused-ring (bicyclic) bond motifs is 1. The van der Waals surface area contributed by atoms with Gasteiger partial charge in [-0.3, -0.25) is 19.8 Å². The number of carbonyl (C=O) groups is 3. The maximum absolute atomic E-state index is 10.1. The Kier molecular flexibility index (Phi) is 9.86. The van der Waals surface area contributed by atoms with E-state index in [1.54, 1.807) is 0 Å². The van der Waals surface area contributed by atoms with Gasteiger partial charge in [-0.05, 0) is 12.1 Å². The summed E-state index contributed by atoms with van der Waals surface area (Å²) in [4.78, 5) is 32.9. The van der Waals surface area contributed by atoms with Crippen LogP contribution in [0.25, 0.3) is 10.9 Å². The van der Waals surface area contributed by atoms with Gasteiger partial charge in [-0.1, -0.05) is 24.3 Å². The van der Waals surface area contributed by atoms with Crippen LogP contribution in [0, 0.1) is 0 Å². The van der Waals surface area contributed by atoms with Gasteiger partial charge < -0.3 is 15.9 Å². The van der Waals surface area contributed by atoms with E-state index in [-0.39, 0.29) is 12.8 Å². The van der Waals surface area contributed by atoms with Crippen LogP contribution in [0.4, 0.5) is 4.79 Å². The van der Waals surface area contributed by atoms with Gasteiger partial charge in [0.25, 0.3) is 0 Å². The first-order chi connectivity index (χ1) is 10.9. The molecule has 6 N–H and O–H groups in total. The number of carboxylic acid groups (broad SMARTS) is 2. The number of hydrogen-bond acceptors (Lipinski definition) is 5. The van der Waals surface area contributed by atoms with Crippen molar-refractivity contribution in [1.82, 2.24) is 10.5 Å². The molecule has 1 aromatic carbocycles. The minimum absolute atomic E-state index is 0.0353. The predicted octanol–water partition coefficient (Wildman–Crippen LogP) is 1.21. The van der Waals surface area contributed by atoms with Crippen molar-refractivity contribution in [2.24, 2.45) is 5.73 Å². The van der Waals surface area contributed by atoms with Crippen molar-refractivity contribution >= 4 is 28.9 Å². The monoisotopic (exact) mass is 323 g/mol. The summed E-state index contributed by atoms with van der Waals surface area (Å²) in [6, 6.07) is 12.1. The Hall–Kier alpha value is -3.20. The Balaban J connectivity index is 0.000000347. The molecular weight excluding hydrogens is 306 g/mol. The molecule has 9 nitrogen and oxygen atoms in total. The molecule has 0 atom stereocenters. The zero-order chi connectivity index (χ0) is 17.7. The van der Waals surface area contributed by atoms with E-state index in [0.717, 1.165) is 5.52 Å². The largest absolute Gasteiger partial charge is 0.503 e. The molecule has 0 aliphatic rings. The van der Waals surface area contributed by atoms with Crippen LogP contribution in [0.3, 0.4) is 0 Å². The summed E-state index contributed by atoms with van der Waals surface area (Å²) >= 11 is 0. The highest BCUT2D eigenvalue weighted by atomic mass is 16.6. The Morgan fingerprint density at radius 2 is 1.61 bits per heavy atom. The fourth-order valence-electron chi connectivity index (χ4n) is 1.31. The number of pyridine rings is 1. The average molecular weight is 323 g/mol. The van der Waals surface area contributed by atoms with Gasteiger partial charge >= 0.3 is 6.16 Å². The molecule has 1 aromatic heterocycles. The number of nitrogens with zero attached hydrogens (tertiary/aromatic N) is 1. The zero-order valence-electron chi connectivity index (χ0n) is 12.0. The van der Waals surface area contributed by atoms with E-state index in [0.29, 0.717) is 0 Å².